The van der Waals surface area contributed by atoms with Crippen LogP contribution in [0, 0.1) is 0 Å². The second-order valence-electron chi connectivity index (χ2n) is 6.60. The Hall–Kier alpha value is -3.38. The van der Waals surface area contributed by atoms with Crippen LogP contribution >= 0.6 is 11.6 Å². The maximum atomic E-state index is 13.1. The second kappa shape index (κ2) is 7.93. The number of pyridine rings is 1. The second-order valence-corrected chi connectivity index (χ2v) is 6.95. The van der Waals surface area contributed by atoms with E-state index in [0.717, 1.165) is 22.1 Å². The lowest BCUT2D eigenvalue weighted by Crippen LogP contribution is -2.31. The lowest BCUT2D eigenvalue weighted by atomic mass is 10.1. The van der Waals surface area contributed by atoms with Crippen molar-refractivity contribution in [2.24, 2.45) is 7.05 Å². The minimum atomic E-state index is -0.458. The Morgan fingerprint density at radius 2 is 1.93 bits per heavy atom. The molecule has 1 atom stereocenters. The third-order valence-electron chi connectivity index (χ3n) is 4.77. The van der Waals surface area contributed by atoms with Crippen LogP contribution < -0.4 is 10.1 Å². The molecule has 0 fully saturated rings. The SMILES string of the molecule is COc1ccc(C(NC(=O)c2cc3ccccc3c(Cl)n2)c2nccn2C)cc1. The monoisotopic (exact) mass is 406 g/mol. The number of nitrogens with one attached hydrogen (secondary N) is 1. The van der Waals surface area contributed by atoms with Gasteiger partial charge in [-0.25, -0.2) is 9.97 Å². The summed E-state index contributed by atoms with van der Waals surface area (Å²) in [4.78, 5) is 21.8. The van der Waals surface area contributed by atoms with Crippen molar-refractivity contribution in [2.45, 2.75) is 6.04 Å². The van der Waals surface area contributed by atoms with Crippen LogP contribution in [-0.2, 0) is 7.05 Å². The average Bonchev–Trinajstić information content (AvgIpc) is 3.17. The number of rotatable bonds is 5. The molecule has 2 aromatic heterocycles. The zero-order valence-corrected chi connectivity index (χ0v) is 16.7. The van der Waals surface area contributed by atoms with Crippen LogP contribution in [0.15, 0.2) is 67.0 Å². The highest BCUT2D eigenvalue weighted by molar-refractivity contribution is 6.34. The van der Waals surface area contributed by atoms with Gasteiger partial charge in [-0.1, -0.05) is 48.0 Å². The zero-order valence-electron chi connectivity index (χ0n) is 16.0. The van der Waals surface area contributed by atoms with Gasteiger partial charge in [0.1, 0.15) is 28.5 Å². The molecule has 7 heteroatoms. The molecule has 0 spiro atoms. The molecule has 6 nitrogen and oxygen atoms in total. The first kappa shape index (κ1) is 19.0. The minimum absolute atomic E-state index is 0.251. The van der Waals surface area contributed by atoms with E-state index in [1.165, 1.54) is 0 Å². The number of amides is 1. The van der Waals surface area contributed by atoms with Crippen molar-refractivity contribution in [1.82, 2.24) is 19.9 Å². The number of carbonyl (C=O) groups is 1. The van der Waals surface area contributed by atoms with Crippen LogP contribution in [-0.4, -0.2) is 27.6 Å². The number of halogens is 1. The number of fused-ring (bicyclic) bond motifs is 1. The minimum Gasteiger partial charge on any atom is -0.497 e. The molecule has 2 aromatic carbocycles. The van der Waals surface area contributed by atoms with Gasteiger partial charge < -0.3 is 14.6 Å². The Morgan fingerprint density at radius 1 is 1.17 bits per heavy atom. The van der Waals surface area contributed by atoms with Crippen LogP contribution in [0.2, 0.25) is 5.15 Å². The Kier molecular flexibility index (Phi) is 5.18. The largest absolute Gasteiger partial charge is 0.497 e. The van der Waals surface area contributed by atoms with Gasteiger partial charge >= 0.3 is 0 Å². The summed E-state index contributed by atoms with van der Waals surface area (Å²) in [5.41, 5.74) is 1.13. The Bertz CT molecular complexity index is 1170. The van der Waals surface area contributed by atoms with E-state index in [4.69, 9.17) is 16.3 Å². The van der Waals surface area contributed by atoms with Crippen molar-refractivity contribution in [1.29, 1.82) is 0 Å². The topological polar surface area (TPSA) is 69.0 Å². The van der Waals surface area contributed by atoms with Crippen LogP contribution in [0.25, 0.3) is 10.8 Å². The molecule has 29 heavy (non-hydrogen) atoms. The van der Waals surface area contributed by atoms with Gasteiger partial charge in [-0.3, -0.25) is 4.79 Å². The van der Waals surface area contributed by atoms with Crippen LogP contribution in [0.3, 0.4) is 0 Å². The van der Waals surface area contributed by atoms with Gasteiger partial charge in [0.25, 0.3) is 5.91 Å². The summed E-state index contributed by atoms with van der Waals surface area (Å²) < 4.78 is 7.11. The molecule has 0 aliphatic heterocycles. The smallest absolute Gasteiger partial charge is 0.270 e. The highest BCUT2D eigenvalue weighted by Crippen LogP contribution is 2.25. The summed E-state index contributed by atoms with van der Waals surface area (Å²) in [6, 6.07) is 16.3. The molecule has 0 saturated heterocycles. The van der Waals surface area contributed by atoms with Gasteiger partial charge in [0.05, 0.1) is 7.11 Å². The third kappa shape index (κ3) is 3.79. The summed E-state index contributed by atoms with van der Waals surface area (Å²) in [6.45, 7) is 0. The molecule has 0 saturated carbocycles. The highest BCUT2D eigenvalue weighted by atomic mass is 35.5. The Labute approximate surface area is 173 Å². The fraction of sp³-hybridized carbons (Fsp3) is 0.136. The summed E-state index contributed by atoms with van der Waals surface area (Å²) in [6.07, 6.45) is 3.53. The van der Waals surface area contributed by atoms with E-state index in [0.29, 0.717) is 11.0 Å². The molecule has 0 aliphatic carbocycles. The average molecular weight is 407 g/mol. The molecule has 1 N–H and O–H groups in total. The normalized spacial score (nSPS) is 12.0. The number of aryl methyl sites for hydroxylation is 1. The van der Waals surface area contributed by atoms with E-state index < -0.39 is 6.04 Å². The van der Waals surface area contributed by atoms with E-state index in [-0.39, 0.29) is 11.6 Å². The van der Waals surface area contributed by atoms with Crippen molar-refractivity contribution >= 4 is 28.3 Å². The zero-order chi connectivity index (χ0) is 20.4. The van der Waals surface area contributed by atoms with Gasteiger partial charge in [-0.05, 0) is 29.1 Å². The predicted molar refractivity (Wildman–Crippen MR) is 112 cm³/mol. The van der Waals surface area contributed by atoms with E-state index in [2.05, 4.69) is 15.3 Å². The summed E-state index contributed by atoms with van der Waals surface area (Å²) in [7, 11) is 3.50. The van der Waals surface area contributed by atoms with Crippen molar-refractivity contribution in [3.63, 3.8) is 0 Å². The molecule has 0 bridgehead atoms. The third-order valence-corrected chi connectivity index (χ3v) is 5.06. The van der Waals surface area contributed by atoms with Gasteiger partial charge in [0.15, 0.2) is 0 Å². The van der Waals surface area contributed by atoms with Crippen LogP contribution in [0.5, 0.6) is 5.75 Å². The fourth-order valence-corrected chi connectivity index (χ4v) is 3.49. The van der Waals surface area contributed by atoms with Gasteiger partial charge in [0, 0.05) is 24.8 Å². The maximum absolute atomic E-state index is 13.1. The number of carbonyl (C=O) groups excluding carboxylic acids is 1. The van der Waals surface area contributed by atoms with Gasteiger partial charge in [-0.2, -0.15) is 0 Å². The summed E-state index contributed by atoms with van der Waals surface area (Å²) >= 11 is 6.30. The van der Waals surface area contributed by atoms with Crippen LogP contribution in [0.1, 0.15) is 27.9 Å². The van der Waals surface area contributed by atoms with Crippen molar-refractivity contribution in [2.75, 3.05) is 7.11 Å². The molecule has 0 radical (unpaired) electrons. The number of ether oxygens (including phenoxy) is 1. The van der Waals surface area contributed by atoms with E-state index in [1.54, 1.807) is 19.4 Å². The lowest BCUT2D eigenvalue weighted by Gasteiger charge is -2.19. The number of imidazole rings is 1. The number of nitrogens with zero attached hydrogens (tertiary/aromatic N) is 3. The number of benzene rings is 2. The molecule has 1 amide bonds. The highest BCUT2D eigenvalue weighted by Gasteiger charge is 2.22. The molecular weight excluding hydrogens is 388 g/mol. The van der Waals surface area contributed by atoms with Crippen molar-refractivity contribution in [3.8, 4) is 5.75 Å². The first-order chi connectivity index (χ1) is 14.1. The first-order valence-corrected chi connectivity index (χ1v) is 9.42. The maximum Gasteiger partial charge on any atom is 0.270 e. The molecule has 146 valence electrons. The molecular formula is C22H19ClN4O2. The van der Waals surface area contributed by atoms with Gasteiger partial charge in [0.2, 0.25) is 0 Å². The number of hydrogen-bond donors (Lipinski definition) is 1. The number of aromatic nitrogens is 3. The summed E-state index contributed by atoms with van der Waals surface area (Å²) in [5.74, 6) is 1.11. The Balaban J connectivity index is 1.70. The quantitative estimate of drug-likeness (QED) is 0.505. The predicted octanol–water partition coefficient (Wildman–Crippen LogP) is 4.15. The van der Waals surface area contributed by atoms with E-state index in [9.17, 15) is 4.79 Å². The summed E-state index contributed by atoms with van der Waals surface area (Å²) in [5, 5.41) is 5.00. The fourth-order valence-electron chi connectivity index (χ4n) is 3.23. The molecule has 4 aromatic rings. The Morgan fingerprint density at radius 3 is 2.62 bits per heavy atom. The number of methoxy groups -OCH3 is 1. The molecule has 2 heterocycles. The first-order valence-electron chi connectivity index (χ1n) is 9.04. The van der Waals surface area contributed by atoms with Crippen molar-refractivity contribution in [3.05, 3.63) is 89.2 Å². The lowest BCUT2D eigenvalue weighted by molar-refractivity contribution is 0.0936. The van der Waals surface area contributed by atoms with Crippen molar-refractivity contribution < 1.29 is 9.53 Å². The van der Waals surface area contributed by atoms with Crippen LogP contribution in [0.4, 0.5) is 0 Å². The number of hydrogen-bond acceptors (Lipinski definition) is 4. The van der Waals surface area contributed by atoms with E-state index >= 15 is 0 Å². The molecule has 0 aliphatic rings. The standard InChI is InChI=1S/C22H19ClN4O2/c1-27-12-11-24-21(27)19(14-7-9-16(29-2)10-8-14)26-22(28)18-13-15-5-3-4-6-17(15)20(23)25-18/h3-13,19H,1-2H3,(H,26,28). The van der Waals surface area contributed by atoms with E-state index in [1.807, 2.05) is 66.3 Å². The van der Waals surface area contributed by atoms with Gasteiger partial charge in [-0.15, -0.1) is 0 Å². The molecule has 1 unspecified atom stereocenters. The molecule has 4 rings (SSSR count).